The number of rotatable bonds is 7. The first-order valence-corrected chi connectivity index (χ1v) is 10.1. The minimum Gasteiger partial charge on any atom is -0.481 e. The second kappa shape index (κ2) is 8.59. The molecule has 0 radical (unpaired) electrons. The average Bonchev–Trinajstić information content (AvgIpc) is 2.63. The minimum atomic E-state index is -3.36. The van der Waals surface area contributed by atoms with Crippen LogP contribution in [0.2, 0.25) is 0 Å². The van der Waals surface area contributed by atoms with Gasteiger partial charge in [0.1, 0.15) is 5.82 Å². The highest BCUT2D eigenvalue weighted by atomic mass is 32.2. The van der Waals surface area contributed by atoms with Gasteiger partial charge in [-0.25, -0.2) is 17.1 Å². The third-order valence-electron chi connectivity index (χ3n) is 4.56. The fraction of sp³-hybridized carbons (Fsp3) is 0.529. The van der Waals surface area contributed by atoms with E-state index >= 15 is 0 Å². The number of nitrogens with zero attached hydrogens (tertiary/aromatic N) is 1. The molecule has 9 heteroatoms. The molecule has 1 aliphatic heterocycles. The van der Waals surface area contributed by atoms with Crippen molar-refractivity contribution < 1.29 is 27.5 Å². The molecule has 1 aromatic rings. The number of hydrogen-bond donors (Lipinski definition) is 2. The van der Waals surface area contributed by atoms with Gasteiger partial charge in [0, 0.05) is 19.6 Å². The Hall–Kier alpha value is -2.00. The number of benzene rings is 1. The van der Waals surface area contributed by atoms with Gasteiger partial charge in [-0.05, 0) is 37.5 Å². The van der Waals surface area contributed by atoms with Crippen molar-refractivity contribution in [2.75, 3.05) is 25.4 Å². The zero-order valence-electron chi connectivity index (χ0n) is 14.5. The summed E-state index contributed by atoms with van der Waals surface area (Å²) in [6, 6.07) is 5.08. The van der Waals surface area contributed by atoms with Gasteiger partial charge < -0.3 is 10.4 Å². The van der Waals surface area contributed by atoms with Crippen LogP contribution >= 0.6 is 0 Å². The fourth-order valence-corrected chi connectivity index (χ4v) is 4.16. The molecule has 1 fully saturated rings. The molecule has 2 atom stereocenters. The van der Waals surface area contributed by atoms with Gasteiger partial charge in [0.2, 0.25) is 15.9 Å². The summed E-state index contributed by atoms with van der Waals surface area (Å²) < 4.78 is 38.3. The maximum Gasteiger partial charge on any atom is 0.312 e. The Balaban J connectivity index is 1.99. The quantitative estimate of drug-likeness (QED) is 0.732. The molecule has 0 bridgehead atoms. The molecule has 0 spiro atoms. The molecule has 0 saturated carbocycles. The number of sulfonamides is 1. The first-order valence-electron chi connectivity index (χ1n) is 8.48. The van der Waals surface area contributed by atoms with Gasteiger partial charge in [0.15, 0.2) is 0 Å². The molecule has 0 aromatic heterocycles. The number of hydrogen-bond acceptors (Lipinski definition) is 4. The second-order valence-electron chi connectivity index (χ2n) is 6.29. The third kappa shape index (κ3) is 5.01. The lowest BCUT2D eigenvalue weighted by Crippen LogP contribution is -2.46. The van der Waals surface area contributed by atoms with Gasteiger partial charge in [-0.15, -0.1) is 0 Å². The summed E-state index contributed by atoms with van der Waals surface area (Å²) >= 11 is 0. The summed E-state index contributed by atoms with van der Waals surface area (Å²) in [4.78, 5) is 23.8. The lowest BCUT2D eigenvalue weighted by Gasteiger charge is -2.31. The van der Waals surface area contributed by atoms with Crippen molar-refractivity contribution in [3.63, 3.8) is 0 Å². The van der Waals surface area contributed by atoms with E-state index in [0.717, 1.165) is 0 Å². The van der Waals surface area contributed by atoms with E-state index in [9.17, 15) is 27.5 Å². The summed E-state index contributed by atoms with van der Waals surface area (Å²) in [5.74, 6) is -3.50. The Morgan fingerprint density at radius 2 is 2.00 bits per heavy atom. The van der Waals surface area contributed by atoms with Crippen LogP contribution in [0.1, 0.15) is 31.2 Å². The summed E-state index contributed by atoms with van der Waals surface area (Å²) in [6.45, 7) is 1.92. The van der Waals surface area contributed by atoms with Crippen LogP contribution in [-0.4, -0.2) is 55.1 Å². The van der Waals surface area contributed by atoms with Crippen LogP contribution < -0.4 is 5.32 Å². The molecular formula is C17H23FN2O5S. The Morgan fingerprint density at radius 3 is 2.58 bits per heavy atom. The zero-order chi connectivity index (χ0) is 19.3. The highest BCUT2D eigenvalue weighted by molar-refractivity contribution is 7.89. The maximum atomic E-state index is 13.0. The van der Waals surface area contributed by atoms with E-state index in [4.69, 9.17) is 0 Å². The first kappa shape index (κ1) is 20.3. The number of carbonyl (C=O) groups is 2. The molecule has 1 amide bonds. The van der Waals surface area contributed by atoms with Crippen LogP contribution in [0, 0.1) is 11.7 Å². The number of aliphatic carboxylic acids is 1. The number of halogens is 1. The van der Waals surface area contributed by atoms with Crippen molar-refractivity contribution in [2.24, 2.45) is 5.92 Å². The molecule has 144 valence electrons. The van der Waals surface area contributed by atoms with Crippen molar-refractivity contribution in [1.29, 1.82) is 0 Å². The summed E-state index contributed by atoms with van der Waals surface area (Å²) in [5, 5.41) is 12.0. The molecule has 1 heterocycles. The van der Waals surface area contributed by atoms with Crippen molar-refractivity contribution in [2.45, 2.75) is 25.7 Å². The van der Waals surface area contributed by atoms with Gasteiger partial charge in [-0.3, -0.25) is 9.59 Å². The number of piperidine rings is 1. The summed E-state index contributed by atoms with van der Waals surface area (Å²) in [6.07, 6.45) is 1.13. The number of carbonyl (C=O) groups excluding carboxylic acids is 1. The molecule has 7 nitrogen and oxygen atoms in total. The Kier molecular flexibility index (Phi) is 6.71. The van der Waals surface area contributed by atoms with Gasteiger partial charge in [-0.2, -0.15) is 0 Å². The lowest BCUT2D eigenvalue weighted by molar-refractivity contribution is -0.138. The molecular weight excluding hydrogens is 363 g/mol. The second-order valence-corrected chi connectivity index (χ2v) is 8.54. The predicted octanol–water partition coefficient (Wildman–Crippen LogP) is 1.17. The first-order chi connectivity index (χ1) is 12.2. The topological polar surface area (TPSA) is 104 Å². The molecule has 1 aliphatic rings. The molecule has 1 aromatic carbocycles. The van der Waals surface area contributed by atoms with E-state index < -0.39 is 33.6 Å². The van der Waals surface area contributed by atoms with Crippen LogP contribution in [-0.2, 0) is 19.6 Å². The average molecular weight is 386 g/mol. The van der Waals surface area contributed by atoms with Crippen molar-refractivity contribution >= 4 is 21.9 Å². The molecule has 2 rings (SSSR count). The number of amides is 1. The molecule has 26 heavy (non-hydrogen) atoms. The van der Waals surface area contributed by atoms with Crippen LogP contribution in [0.3, 0.4) is 0 Å². The monoisotopic (exact) mass is 386 g/mol. The molecule has 2 N–H and O–H groups in total. The third-order valence-corrected chi connectivity index (χ3v) is 6.41. The van der Waals surface area contributed by atoms with E-state index in [-0.39, 0.29) is 24.7 Å². The van der Waals surface area contributed by atoms with E-state index in [1.807, 2.05) is 0 Å². The van der Waals surface area contributed by atoms with Gasteiger partial charge in [0.25, 0.3) is 0 Å². The van der Waals surface area contributed by atoms with Crippen LogP contribution in [0.15, 0.2) is 24.3 Å². The lowest BCUT2D eigenvalue weighted by atomic mass is 9.96. The van der Waals surface area contributed by atoms with E-state index in [0.29, 0.717) is 24.9 Å². The highest BCUT2D eigenvalue weighted by Gasteiger charge is 2.32. The molecule has 0 aliphatic carbocycles. The number of nitrogens with one attached hydrogen (secondary N) is 1. The summed E-state index contributed by atoms with van der Waals surface area (Å²) in [7, 11) is -3.36. The van der Waals surface area contributed by atoms with Gasteiger partial charge >= 0.3 is 5.97 Å². The Morgan fingerprint density at radius 1 is 1.35 bits per heavy atom. The SMILES string of the molecule is CCS(=O)(=O)N1CCCC(C(=O)NCC(C(=O)O)c2ccc(F)cc2)C1. The number of carboxylic acids is 1. The maximum absolute atomic E-state index is 13.0. The zero-order valence-corrected chi connectivity index (χ0v) is 15.3. The van der Waals surface area contributed by atoms with Crippen LogP contribution in [0.4, 0.5) is 4.39 Å². The molecule has 2 unspecified atom stereocenters. The smallest absolute Gasteiger partial charge is 0.312 e. The minimum absolute atomic E-state index is 0.0208. The highest BCUT2D eigenvalue weighted by Crippen LogP contribution is 2.21. The largest absolute Gasteiger partial charge is 0.481 e. The van der Waals surface area contributed by atoms with Gasteiger partial charge in [0.05, 0.1) is 17.6 Å². The summed E-state index contributed by atoms with van der Waals surface area (Å²) in [5.41, 5.74) is 0.387. The van der Waals surface area contributed by atoms with Crippen molar-refractivity contribution in [1.82, 2.24) is 9.62 Å². The molecule has 1 saturated heterocycles. The van der Waals surface area contributed by atoms with Gasteiger partial charge in [-0.1, -0.05) is 12.1 Å². The standard InChI is InChI=1S/C17H23FN2O5S/c1-2-26(24,25)20-9-3-4-13(11-20)16(21)19-10-15(17(22)23)12-5-7-14(18)8-6-12/h5-8,13,15H,2-4,9-11H2,1H3,(H,19,21)(H,22,23). The van der Waals surface area contributed by atoms with Crippen molar-refractivity contribution in [3.8, 4) is 0 Å². The Labute approximate surface area is 152 Å². The fourth-order valence-electron chi connectivity index (χ4n) is 2.98. The van der Waals surface area contributed by atoms with Crippen LogP contribution in [0.25, 0.3) is 0 Å². The Bertz CT molecular complexity index is 751. The van der Waals surface area contributed by atoms with Crippen LogP contribution in [0.5, 0.6) is 0 Å². The van der Waals surface area contributed by atoms with E-state index in [2.05, 4.69) is 5.32 Å². The predicted molar refractivity (Wildman–Crippen MR) is 93.5 cm³/mol. The van der Waals surface area contributed by atoms with Crippen molar-refractivity contribution in [3.05, 3.63) is 35.6 Å². The number of carboxylic acid groups (broad SMARTS) is 1. The van der Waals surface area contributed by atoms with E-state index in [1.165, 1.54) is 28.6 Å². The van der Waals surface area contributed by atoms with E-state index in [1.54, 1.807) is 6.92 Å². The normalized spacial score (nSPS) is 19.7.